The van der Waals surface area contributed by atoms with Crippen LogP contribution in [0.2, 0.25) is 0 Å². The molecule has 5 nitrogen and oxygen atoms in total. The third kappa shape index (κ3) is 1.65. The summed E-state index contributed by atoms with van der Waals surface area (Å²) in [6.45, 7) is 2.26. The molecule has 1 aliphatic heterocycles. The standard InChI is InChI=1S/C10H12N4OS/c15-9(13-2-1-3-13)11-6-8-7-14-4-5-16-10(14)12-8/h4-5,7H,1-3,6H2,(H,11,15). The van der Waals surface area contributed by atoms with Crippen molar-refractivity contribution in [3.8, 4) is 0 Å². The molecule has 0 aromatic carbocycles. The van der Waals surface area contributed by atoms with Crippen LogP contribution in [-0.2, 0) is 6.54 Å². The molecule has 84 valence electrons. The van der Waals surface area contributed by atoms with Crippen molar-refractivity contribution in [3.05, 3.63) is 23.5 Å². The summed E-state index contributed by atoms with van der Waals surface area (Å²) >= 11 is 1.59. The van der Waals surface area contributed by atoms with Crippen molar-refractivity contribution >= 4 is 22.3 Å². The Morgan fingerprint density at radius 3 is 3.12 bits per heavy atom. The molecule has 16 heavy (non-hydrogen) atoms. The van der Waals surface area contributed by atoms with Crippen molar-refractivity contribution in [1.29, 1.82) is 0 Å². The van der Waals surface area contributed by atoms with Crippen LogP contribution in [0.4, 0.5) is 4.79 Å². The zero-order valence-electron chi connectivity index (χ0n) is 8.72. The van der Waals surface area contributed by atoms with Crippen LogP contribution >= 0.6 is 11.3 Å². The van der Waals surface area contributed by atoms with Crippen LogP contribution in [0.5, 0.6) is 0 Å². The molecule has 1 aliphatic rings. The number of likely N-dealkylation sites (tertiary alicyclic amines) is 1. The number of carbonyl (C=O) groups is 1. The highest BCUT2D eigenvalue weighted by Gasteiger charge is 2.19. The average Bonchev–Trinajstić information content (AvgIpc) is 2.70. The van der Waals surface area contributed by atoms with E-state index in [4.69, 9.17) is 0 Å². The lowest BCUT2D eigenvalue weighted by Crippen LogP contribution is -2.47. The monoisotopic (exact) mass is 236 g/mol. The number of nitrogens with zero attached hydrogens (tertiary/aromatic N) is 3. The maximum absolute atomic E-state index is 11.5. The normalized spacial score (nSPS) is 15.1. The molecule has 2 amide bonds. The number of rotatable bonds is 2. The van der Waals surface area contributed by atoms with Gasteiger partial charge in [0.1, 0.15) is 0 Å². The van der Waals surface area contributed by atoms with Crippen LogP contribution in [0.15, 0.2) is 17.8 Å². The molecular formula is C10H12N4OS. The van der Waals surface area contributed by atoms with Gasteiger partial charge in [0.15, 0.2) is 4.96 Å². The molecule has 1 saturated heterocycles. The van der Waals surface area contributed by atoms with Crippen LogP contribution in [0.25, 0.3) is 4.96 Å². The predicted octanol–water partition coefficient (Wildman–Crippen LogP) is 1.31. The van der Waals surface area contributed by atoms with E-state index in [0.29, 0.717) is 6.54 Å². The van der Waals surface area contributed by atoms with E-state index in [-0.39, 0.29) is 6.03 Å². The predicted molar refractivity (Wildman–Crippen MR) is 61.5 cm³/mol. The van der Waals surface area contributed by atoms with Crippen LogP contribution in [0.3, 0.4) is 0 Å². The molecule has 3 heterocycles. The van der Waals surface area contributed by atoms with Gasteiger partial charge in [0.05, 0.1) is 12.2 Å². The second kappa shape index (κ2) is 3.79. The first-order chi connectivity index (χ1) is 7.83. The second-order valence-electron chi connectivity index (χ2n) is 3.82. The molecule has 0 atom stereocenters. The molecule has 2 aromatic heterocycles. The minimum Gasteiger partial charge on any atom is -0.332 e. The summed E-state index contributed by atoms with van der Waals surface area (Å²) in [5.41, 5.74) is 0.903. The highest BCUT2D eigenvalue weighted by molar-refractivity contribution is 7.15. The molecule has 0 radical (unpaired) electrons. The number of nitrogens with one attached hydrogen (secondary N) is 1. The summed E-state index contributed by atoms with van der Waals surface area (Å²) in [6.07, 6.45) is 5.03. The van der Waals surface area contributed by atoms with Crippen molar-refractivity contribution in [1.82, 2.24) is 19.6 Å². The zero-order valence-corrected chi connectivity index (χ0v) is 9.54. The lowest BCUT2D eigenvalue weighted by Gasteiger charge is -2.30. The number of fused-ring (bicyclic) bond motifs is 1. The van der Waals surface area contributed by atoms with Crippen molar-refractivity contribution in [2.75, 3.05) is 13.1 Å². The van der Waals surface area contributed by atoms with Gasteiger partial charge in [0.2, 0.25) is 0 Å². The van der Waals surface area contributed by atoms with Crippen LogP contribution in [0, 0.1) is 0 Å². The zero-order chi connectivity index (χ0) is 11.0. The van der Waals surface area contributed by atoms with Gasteiger partial charge >= 0.3 is 6.03 Å². The summed E-state index contributed by atoms with van der Waals surface area (Å²) in [5, 5.41) is 4.86. The van der Waals surface area contributed by atoms with E-state index in [0.717, 1.165) is 30.2 Å². The topological polar surface area (TPSA) is 49.6 Å². The Morgan fingerprint density at radius 2 is 2.44 bits per heavy atom. The van der Waals surface area contributed by atoms with Crippen LogP contribution in [-0.4, -0.2) is 33.4 Å². The summed E-state index contributed by atoms with van der Waals surface area (Å²) in [5.74, 6) is 0. The summed E-state index contributed by atoms with van der Waals surface area (Å²) in [4.78, 5) is 18.7. The number of amides is 2. The molecule has 2 aromatic rings. The van der Waals surface area contributed by atoms with E-state index in [1.165, 1.54) is 0 Å². The highest BCUT2D eigenvalue weighted by atomic mass is 32.1. The first-order valence-electron chi connectivity index (χ1n) is 5.27. The molecule has 0 bridgehead atoms. The first-order valence-corrected chi connectivity index (χ1v) is 6.15. The molecule has 0 spiro atoms. The first kappa shape index (κ1) is 9.65. The van der Waals surface area contributed by atoms with Crippen molar-refractivity contribution < 1.29 is 4.79 Å². The fourth-order valence-electron chi connectivity index (χ4n) is 1.66. The number of thiazole rings is 1. The van der Waals surface area contributed by atoms with E-state index < -0.39 is 0 Å². The van der Waals surface area contributed by atoms with Gasteiger partial charge in [-0.05, 0) is 6.42 Å². The number of hydrogen-bond acceptors (Lipinski definition) is 3. The Balaban J connectivity index is 1.62. The largest absolute Gasteiger partial charge is 0.332 e. The van der Waals surface area contributed by atoms with Gasteiger partial charge in [0.25, 0.3) is 0 Å². The van der Waals surface area contributed by atoms with Gasteiger partial charge < -0.3 is 10.2 Å². The fourth-order valence-corrected chi connectivity index (χ4v) is 2.38. The lowest BCUT2D eigenvalue weighted by molar-refractivity contribution is 0.167. The third-order valence-electron chi connectivity index (χ3n) is 2.71. The molecule has 0 unspecified atom stereocenters. The van der Waals surface area contributed by atoms with Crippen LogP contribution < -0.4 is 5.32 Å². The number of aromatic nitrogens is 2. The highest BCUT2D eigenvalue weighted by Crippen LogP contribution is 2.11. The second-order valence-corrected chi connectivity index (χ2v) is 4.70. The molecule has 1 fully saturated rings. The molecule has 0 aliphatic carbocycles. The summed E-state index contributed by atoms with van der Waals surface area (Å²) < 4.78 is 1.97. The Morgan fingerprint density at radius 1 is 1.56 bits per heavy atom. The van der Waals surface area contributed by atoms with E-state index in [9.17, 15) is 4.79 Å². The molecule has 0 saturated carbocycles. The molecule has 1 N–H and O–H groups in total. The SMILES string of the molecule is O=C(NCc1cn2ccsc2n1)N1CCC1. The van der Waals surface area contributed by atoms with Gasteiger partial charge in [-0.1, -0.05) is 0 Å². The average molecular weight is 236 g/mol. The summed E-state index contributed by atoms with van der Waals surface area (Å²) in [7, 11) is 0. The fraction of sp³-hybridized carbons (Fsp3) is 0.400. The maximum atomic E-state index is 11.5. The molecule has 3 rings (SSSR count). The minimum absolute atomic E-state index is 0.0163. The Kier molecular flexibility index (Phi) is 2.28. The number of hydrogen-bond donors (Lipinski definition) is 1. The lowest BCUT2D eigenvalue weighted by atomic mass is 10.2. The smallest absolute Gasteiger partial charge is 0.317 e. The van der Waals surface area contributed by atoms with E-state index >= 15 is 0 Å². The van der Waals surface area contributed by atoms with Gasteiger partial charge in [-0.15, -0.1) is 11.3 Å². The maximum Gasteiger partial charge on any atom is 0.317 e. The Bertz CT molecular complexity index is 485. The number of carbonyl (C=O) groups excluding carboxylic acids is 1. The summed E-state index contributed by atoms with van der Waals surface area (Å²) in [6, 6.07) is 0.0163. The molecule has 6 heteroatoms. The van der Waals surface area contributed by atoms with Crippen molar-refractivity contribution in [3.63, 3.8) is 0 Å². The van der Waals surface area contributed by atoms with Gasteiger partial charge in [-0.25, -0.2) is 9.78 Å². The quantitative estimate of drug-likeness (QED) is 0.854. The van der Waals surface area contributed by atoms with E-state index in [1.54, 1.807) is 16.2 Å². The Hall–Kier alpha value is -1.56. The van der Waals surface area contributed by atoms with Crippen LogP contribution in [0.1, 0.15) is 12.1 Å². The number of imidazole rings is 1. The van der Waals surface area contributed by atoms with E-state index in [2.05, 4.69) is 10.3 Å². The van der Waals surface area contributed by atoms with E-state index in [1.807, 2.05) is 22.2 Å². The van der Waals surface area contributed by atoms with Crippen molar-refractivity contribution in [2.45, 2.75) is 13.0 Å². The van der Waals surface area contributed by atoms with Gasteiger partial charge in [0, 0.05) is 30.9 Å². The van der Waals surface area contributed by atoms with Crippen molar-refractivity contribution in [2.24, 2.45) is 0 Å². The number of urea groups is 1. The molecular weight excluding hydrogens is 224 g/mol. The minimum atomic E-state index is 0.0163. The third-order valence-corrected chi connectivity index (χ3v) is 3.48. The van der Waals surface area contributed by atoms with Gasteiger partial charge in [-0.3, -0.25) is 4.40 Å². The van der Waals surface area contributed by atoms with Gasteiger partial charge in [-0.2, -0.15) is 0 Å². The Labute approximate surface area is 96.7 Å².